The van der Waals surface area contributed by atoms with Crippen LogP contribution in [0.3, 0.4) is 0 Å². The third-order valence-corrected chi connectivity index (χ3v) is 6.39. The van der Waals surface area contributed by atoms with Gasteiger partial charge in [0.05, 0.1) is 21.6 Å². The molecule has 0 saturated carbocycles. The summed E-state index contributed by atoms with van der Waals surface area (Å²) in [4.78, 5) is 39.2. The van der Waals surface area contributed by atoms with E-state index in [9.17, 15) is 37.7 Å². The molecule has 0 fully saturated rings. The summed E-state index contributed by atoms with van der Waals surface area (Å²) in [6, 6.07) is 0. The molecule has 1 aliphatic rings. The number of carbonyl (C=O) groups is 2. The molecule has 0 N–H and O–H groups in total. The van der Waals surface area contributed by atoms with Gasteiger partial charge < -0.3 is 19.5 Å². The zero-order valence-electron chi connectivity index (χ0n) is 21.2. The van der Waals surface area contributed by atoms with E-state index in [0.29, 0.717) is 12.0 Å². The van der Waals surface area contributed by atoms with Gasteiger partial charge in [-0.05, 0) is 56.4 Å². The van der Waals surface area contributed by atoms with Crippen molar-refractivity contribution in [1.82, 2.24) is 9.47 Å². The van der Waals surface area contributed by atoms with Crippen molar-refractivity contribution in [3.8, 4) is 5.88 Å². The number of likely N-dealkylation sites (N-methyl/N-ethyl adjacent to an activating group) is 1. The van der Waals surface area contributed by atoms with E-state index < -0.39 is 39.1 Å². The molecule has 0 atom stereocenters. The monoisotopic (exact) mass is 618 g/mol. The minimum absolute atomic E-state index is 0. The number of hydrogen-bond donors (Lipinski definition) is 0. The van der Waals surface area contributed by atoms with Crippen molar-refractivity contribution in [1.29, 1.82) is 0 Å². The van der Waals surface area contributed by atoms with Gasteiger partial charge in [0.1, 0.15) is 0 Å². The molecule has 0 aromatic carbocycles. The van der Waals surface area contributed by atoms with Crippen LogP contribution in [0.25, 0.3) is 6.08 Å². The predicted octanol–water partition coefficient (Wildman–Crippen LogP) is -9.73. The van der Waals surface area contributed by atoms with Crippen LogP contribution in [0.5, 0.6) is 5.88 Å². The van der Waals surface area contributed by atoms with Gasteiger partial charge in [0, 0.05) is 41.8 Å². The first kappa shape index (κ1) is 40.6. The molecule has 0 unspecified atom stereocenters. The quantitative estimate of drug-likeness (QED) is 0.0375. The number of rotatable bonds is 9. The molecule has 36 heavy (non-hydrogen) atoms. The van der Waals surface area contributed by atoms with Gasteiger partial charge in [-0.25, -0.2) is 8.42 Å². The molecule has 1 aromatic rings. The molecule has 1 aromatic heterocycles. The predicted molar refractivity (Wildman–Crippen MR) is 112 cm³/mol. The Kier molecular flexibility index (Phi) is 20.3. The van der Waals surface area contributed by atoms with Crippen molar-refractivity contribution in [2.75, 3.05) is 12.3 Å². The van der Waals surface area contributed by atoms with Crippen LogP contribution in [0.2, 0.25) is 0 Å². The molecule has 17 heteroatoms. The van der Waals surface area contributed by atoms with Crippen molar-refractivity contribution in [2.24, 2.45) is 0 Å². The molecular formula is C19H21K3N2O10S2. The first-order valence-corrected chi connectivity index (χ1v) is 12.1. The van der Waals surface area contributed by atoms with Gasteiger partial charge in [-0.2, -0.15) is 4.33 Å². The van der Waals surface area contributed by atoms with Crippen molar-refractivity contribution in [2.45, 2.75) is 40.0 Å². The van der Waals surface area contributed by atoms with E-state index in [1.165, 1.54) is 26.8 Å². The maximum absolute atomic E-state index is 13.0. The second kappa shape index (κ2) is 18.1. The maximum atomic E-state index is 13.0. The Bertz CT molecular complexity index is 1210. The topological polar surface area (TPSA) is 181 Å². The number of aromatic nitrogens is 1. The zero-order valence-corrected chi connectivity index (χ0v) is 32.2. The molecule has 12 nitrogen and oxygen atoms in total. The number of nitrogens with zero attached hydrogens (tertiary/aromatic N) is 2. The number of hydrogen-bond acceptors (Lipinski definition) is 11. The fraction of sp³-hybridized carbons (Fsp3) is 0.421. The summed E-state index contributed by atoms with van der Waals surface area (Å²) in [5.74, 6) is -3.37. The number of amides is 2. The Morgan fingerprint density at radius 1 is 1.03 bits per heavy atom. The molecule has 0 spiro atoms. The molecule has 2 rings (SSSR count). The molecule has 0 saturated heterocycles. The van der Waals surface area contributed by atoms with Gasteiger partial charge >= 0.3 is 154 Å². The third-order valence-electron chi connectivity index (χ3n) is 5.19. The summed E-state index contributed by atoms with van der Waals surface area (Å²) in [6.07, 6.45) is 1.17. The minimum atomic E-state index is -4.84. The molecular weight excluding hydrogens is 598 g/mol. The van der Waals surface area contributed by atoms with Gasteiger partial charge in [-0.15, -0.1) is 0 Å². The molecule has 182 valence electrons. The van der Waals surface area contributed by atoms with Crippen LogP contribution in [0, 0.1) is 6.92 Å². The summed E-state index contributed by atoms with van der Waals surface area (Å²) >= 11 is 0.525. The fourth-order valence-electron chi connectivity index (χ4n) is 3.45. The molecule has 0 bridgehead atoms. The van der Waals surface area contributed by atoms with Crippen LogP contribution < -0.4 is 170 Å². The van der Waals surface area contributed by atoms with Gasteiger partial charge in [0.2, 0.25) is 0 Å². The van der Waals surface area contributed by atoms with E-state index in [-0.39, 0.29) is 206 Å². The molecule has 0 aliphatic carbocycles. The second-order valence-corrected chi connectivity index (χ2v) is 9.05. The van der Waals surface area contributed by atoms with Crippen molar-refractivity contribution in [3.05, 3.63) is 43.8 Å². The molecule has 1 aliphatic heterocycles. The van der Waals surface area contributed by atoms with Crippen LogP contribution in [-0.2, 0) is 41.4 Å². The van der Waals surface area contributed by atoms with Crippen LogP contribution in [0.1, 0.15) is 37.5 Å². The number of imide groups is 1. The average molecular weight is 619 g/mol. The minimum Gasteiger partial charge on any atom is -0.860 e. The van der Waals surface area contributed by atoms with E-state index in [0.717, 1.165) is 9.47 Å². The van der Waals surface area contributed by atoms with E-state index in [1.807, 2.05) is 0 Å². The fourth-order valence-corrected chi connectivity index (χ4v) is 4.68. The Balaban J connectivity index is 0. The number of carbonyl (C=O) groups excluding carboxylic acids is 2. The van der Waals surface area contributed by atoms with E-state index in [1.54, 1.807) is 6.92 Å². The SMILES string of the molecule is CCN1C(=O)C(CSOO[O-])=C(C)/C(=C/c2c(C)c(CS(=O)(=O)[O-])c(=O)n(CC)c2[O-])C1=O.[K+].[K+].[K+]. The molecule has 0 radical (unpaired) electrons. The van der Waals surface area contributed by atoms with Crippen LogP contribution >= 0.6 is 12.0 Å². The van der Waals surface area contributed by atoms with Crippen molar-refractivity contribution < 1.29 is 196 Å². The van der Waals surface area contributed by atoms with E-state index in [4.69, 9.17) is 0 Å². The van der Waals surface area contributed by atoms with Crippen LogP contribution in [0.15, 0.2) is 21.5 Å². The summed E-state index contributed by atoms with van der Waals surface area (Å²) in [5, 5.41) is 26.3. The Hall–Kier alpha value is 2.42. The average Bonchev–Trinajstić information content (AvgIpc) is 2.73. The summed E-state index contributed by atoms with van der Waals surface area (Å²) in [5.41, 5.74) is -1.23. The third kappa shape index (κ3) is 9.76. The maximum Gasteiger partial charge on any atom is 1.00 e. The Labute approximate surface area is 340 Å². The first-order valence-electron chi connectivity index (χ1n) is 9.62. The molecule has 2 heterocycles. The van der Waals surface area contributed by atoms with E-state index >= 15 is 0 Å². The Morgan fingerprint density at radius 3 is 2.08 bits per heavy atom. The van der Waals surface area contributed by atoms with Gasteiger partial charge in [0.15, 0.2) is 0 Å². The summed E-state index contributed by atoms with van der Waals surface area (Å²) in [7, 11) is -4.84. The standard InChI is InChI=1S/C19H24N2O10S2.3K/c1-5-20-16(22)12(10(3)14(18(20)24)8-32-31-30-26)7-13-11(4)15(9-33(27,28)29)19(25)21(6-2)17(13)23;;;/h7,23,26H,5-6,8-9H2,1-4H3,(H,27,28,29);;;/q;3*+1/p-3/b12-7-;;;. The van der Waals surface area contributed by atoms with Crippen molar-refractivity contribution in [3.63, 3.8) is 0 Å². The number of pyridine rings is 1. The van der Waals surface area contributed by atoms with Crippen LogP contribution in [-0.4, -0.2) is 46.5 Å². The van der Waals surface area contributed by atoms with E-state index in [2.05, 4.69) is 9.37 Å². The summed E-state index contributed by atoms with van der Waals surface area (Å²) < 4.78 is 39.0. The van der Waals surface area contributed by atoms with Gasteiger partial charge in [0.25, 0.3) is 17.4 Å². The molecule has 2 amide bonds. The van der Waals surface area contributed by atoms with Gasteiger partial charge in [-0.1, -0.05) is 0 Å². The van der Waals surface area contributed by atoms with Gasteiger partial charge in [-0.3, -0.25) is 24.3 Å². The van der Waals surface area contributed by atoms with Crippen LogP contribution in [0.4, 0.5) is 0 Å². The first-order chi connectivity index (χ1) is 15.4. The van der Waals surface area contributed by atoms with Crippen molar-refractivity contribution >= 4 is 40.1 Å². The summed E-state index contributed by atoms with van der Waals surface area (Å²) in [6.45, 7) is 5.73. The normalized spacial score (nSPS) is 14.9. The Morgan fingerprint density at radius 2 is 1.61 bits per heavy atom. The smallest absolute Gasteiger partial charge is 0.860 e. The zero-order chi connectivity index (χ0) is 25.1. The second-order valence-electron chi connectivity index (χ2n) is 6.99. The largest absolute Gasteiger partial charge is 1.00 e.